The van der Waals surface area contributed by atoms with Crippen LogP contribution in [0.1, 0.15) is 10.4 Å². The standard InChI is InChI=1S/C8H4BrCl3O/c9-8-5(12)2-1-4(11)7(8)6(13)3-10/h1-2H,3H2. The Labute approximate surface area is 99.1 Å². The Balaban J connectivity index is 3.33. The molecule has 0 bridgehead atoms. The van der Waals surface area contributed by atoms with Gasteiger partial charge < -0.3 is 0 Å². The molecule has 0 aliphatic rings. The molecule has 1 aromatic carbocycles. The number of hydrogen-bond acceptors (Lipinski definition) is 1. The van der Waals surface area contributed by atoms with Crippen LogP contribution < -0.4 is 0 Å². The zero-order chi connectivity index (χ0) is 10.0. The predicted molar refractivity (Wildman–Crippen MR) is 59.2 cm³/mol. The summed E-state index contributed by atoms with van der Waals surface area (Å²) >= 11 is 20.2. The number of benzene rings is 1. The van der Waals surface area contributed by atoms with Gasteiger partial charge in [-0.05, 0) is 28.1 Å². The van der Waals surface area contributed by atoms with Crippen molar-refractivity contribution < 1.29 is 4.79 Å². The van der Waals surface area contributed by atoms with Crippen LogP contribution in [0.15, 0.2) is 16.6 Å². The Morgan fingerprint density at radius 3 is 2.38 bits per heavy atom. The highest BCUT2D eigenvalue weighted by Crippen LogP contribution is 2.32. The first-order valence-corrected chi connectivity index (χ1v) is 5.39. The van der Waals surface area contributed by atoms with E-state index >= 15 is 0 Å². The average molecular weight is 302 g/mol. The second kappa shape index (κ2) is 4.65. The molecule has 0 saturated heterocycles. The van der Waals surface area contributed by atoms with E-state index < -0.39 is 0 Å². The summed E-state index contributed by atoms with van der Waals surface area (Å²) in [5.74, 6) is -0.361. The first-order chi connectivity index (χ1) is 6.07. The van der Waals surface area contributed by atoms with E-state index in [1.807, 2.05) is 0 Å². The third-order valence-electron chi connectivity index (χ3n) is 1.44. The summed E-state index contributed by atoms with van der Waals surface area (Å²) in [6.45, 7) is 0. The van der Waals surface area contributed by atoms with Crippen molar-refractivity contribution in [1.29, 1.82) is 0 Å². The van der Waals surface area contributed by atoms with Gasteiger partial charge in [0.15, 0.2) is 5.78 Å². The van der Waals surface area contributed by atoms with E-state index in [2.05, 4.69) is 15.9 Å². The van der Waals surface area contributed by atoms with E-state index in [0.29, 0.717) is 20.1 Å². The SMILES string of the molecule is O=C(CCl)c1c(Cl)ccc(Cl)c1Br. The van der Waals surface area contributed by atoms with Crippen LogP contribution >= 0.6 is 50.7 Å². The molecule has 0 aliphatic heterocycles. The molecule has 1 rings (SSSR count). The van der Waals surface area contributed by atoms with Crippen molar-refractivity contribution in [2.45, 2.75) is 0 Å². The second-order valence-electron chi connectivity index (χ2n) is 2.27. The van der Waals surface area contributed by atoms with Gasteiger partial charge in [-0.3, -0.25) is 4.79 Å². The van der Waals surface area contributed by atoms with Gasteiger partial charge in [-0.2, -0.15) is 0 Å². The Kier molecular flexibility index (Phi) is 4.05. The fourth-order valence-corrected chi connectivity index (χ4v) is 2.08. The molecule has 5 heteroatoms. The Bertz CT molecular complexity index is 351. The molecule has 1 aromatic rings. The third kappa shape index (κ3) is 2.38. The van der Waals surface area contributed by atoms with Crippen LogP contribution in [0.3, 0.4) is 0 Å². The molecule has 0 N–H and O–H groups in total. The zero-order valence-electron chi connectivity index (χ0n) is 6.28. The van der Waals surface area contributed by atoms with E-state index in [4.69, 9.17) is 34.8 Å². The second-order valence-corrected chi connectivity index (χ2v) is 4.15. The maximum absolute atomic E-state index is 11.3. The largest absolute Gasteiger partial charge is 0.293 e. The van der Waals surface area contributed by atoms with E-state index in [1.54, 1.807) is 12.1 Å². The lowest BCUT2D eigenvalue weighted by Gasteiger charge is -2.05. The van der Waals surface area contributed by atoms with Gasteiger partial charge in [0, 0.05) is 4.47 Å². The number of hydrogen-bond donors (Lipinski definition) is 0. The highest BCUT2D eigenvalue weighted by molar-refractivity contribution is 9.10. The van der Waals surface area contributed by atoms with Gasteiger partial charge in [-0.1, -0.05) is 23.2 Å². The fraction of sp³-hybridized carbons (Fsp3) is 0.125. The number of halogens is 4. The number of rotatable bonds is 2. The maximum atomic E-state index is 11.3. The van der Waals surface area contributed by atoms with Crippen LogP contribution in [0.25, 0.3) is 0 Å². The Hall–Kier alpha value is 0.240. The summed E-state index contributed by atoms with van der Waals surface area (Å²) in [6, 6.07) is 3.17. The number of carbonyl (C=O) groups excluding carboxylic acids is 1. The lowest BCUT2D eigenvalue weighted by Crippen LogP contribution is -2.02. The average Bonchev–Trinajstić information content (AvgIpc) is 2.12. The van der Waals surface area contributed by atoms with Crippen LogP contribution in [0, 0.1) is 0 Å². The van der Waals surface area contributed by atoms with Crippen molar-refractivity contribution in [1.82, 2.24) is 0 Å². The molecule has 0 radical (unpaired) electrons. The number of Topliss-reactive ketones (excluding diaryl/α,β-unsaturated/α-hetero) is 1. The minimum Gasteiger partial charge on any atom is -0.293 e. The highest BCUT2D eigenvalue weighted by Gasteiger charge is 2.15. The van der Waals surface area contributed by atoms with Crippen molar-refractivity contribution >= 4 is 56.5 Å². The monoisotopic (exact) mass is 300 g/mol. The normalized spacial score (nSPS) is 10.2. The Morgan fingerprint density at radius 1 is 1.31 bits per heavy atom. The summed E-state index contributed by atoms with van der Waals surface area (Å²) in [5.41, 5.74) is 0.337. The topological polar surface area (TPSA) is 17.1 Å². The van der Waals surface area contributed by atoms with Crippen molar-refractivity contribution in [2.24, 2.45) is 0 Å². The van der Waals surface area contributed by atoms with Crippen LogP contribution in [-0.2, 0) is 0 Å². The summed E-state index contributed by atoms with van der Waals surface area (Å²) < 4.78 is 0.493. The molecule has 0 unspecified atom stereocenters. The van der Waals surface area contributed by atoms with Gasteiger partial charge in [-0.15, -0.1) is 11.6 Å². The Morgan fingerprint density at radius 2 is 1.85 bits per heavy atom. The molecular formula is C8H4BrCl3O. The van der Waals surface area contributed by atoms with Crippen molar-refractivity contribution in [3.8, 4) is 0 Å². The lowest BCUT2D eigenvalue weighted by atomic mass is 10.1. The summed E-state index contributed by atoms with van der Waals surface area (Å²) in [6.07, 6.45) is 0. The quantitative estimate of drug-likeness (QED) is 0.455. The van der Waals surface area contributed by atoms with Gasteiger partial charge in [0.1, 0.15) is 0 Å². The maximum Gasteiger partial charge on any atom is 0.180 e. The van der Waals surface area contributed by atoms with Gasteiger partial charge in [0.05, 0.1) is 21.5 Å². The molecule has 1 nitrogen and oxygen atoms in total. The molecule has 0 fully saturated rings. The van der Waals surface area contributed by atoms with E-state index in [0.717, 1.165) is 0 Å². The molecule has 0 spiro atoms. The smallest absolute Gasteiger partial charge is 0.180 e. The highest BCUT2D eigenvalue weighted by atomic mass is 79.9. The number of alkyl halides is 1. The van der Waals surface area contributed by atoms with Crippen LogP contribution in [0.5, 0.6) is 0 Å². The zero-order valence-corrected chi connectivity index (χ0v) is 10.1. The van der Waals surface area contributed by atoms with Crippen LogP contribution in [-0.4, -0.2) is 11.7 Å². The molecular weight excluding hydrogens is 298 g/mol. The molecule has 70 valence electrons. The molecule has 0 aromatic heterocycles. The molecule has 0 aliphatic carbocycles. The first kappa shape index (κ1) is 11.3. The van der Waals surface area contributed by atoms with E-state index in [9.17, 15) is 4.79 Å². The summed E-state index contributed by atoms with van der Waals surface area (Å²) in [5, 5.41) is 0.791. The molecule has 0 heterocycles. The van der Waals surface area contributed by atoms with E-state index in [-0.39, 0.29) is 11.7 Å². The molecule has 0 saturated carbocycles. The molecule has 13 heavy (non-hydrogen) atoms. The first-order valence-electron chi connectivity index (χ1n) is 3.30. The number of carbonyl (C=O) groups is 1. The summed E-state index contributed by atoms with van der Waals surface area (Å²) in [7, 11) is 0. The van der Waals surface area contributed by atoms with Gasteiger partial charge >= 0.3 is 0 Å². The van der Waals surface area contributed by atoms with Crippen molar-refractivity contribution in [3.05, 3.63) is 32.2 Å². The minimum absolute atomic E-state index is 0.112. The third-order valence-corrected chi connectivity index (χ3v) is 3.37. The predicted octanol–water partition coefficient (Wildman–Crippen LogP) is 4.18. The number of ketones is 1. The molecule has 0 atom stereocenters. The fourth-order valence-electron chi connectivity index (χ4n) is 0.849. The summed E-state index contributed by atoms with van der Waals surface area (Å²) in [4.78, 5) is 11.3. The van der Waals surface area contributed by atoms with Crippen LogP contribution in [0.2, 0.25) is 10.0 Å². The van der Waals surface area contributed by atoms with Gasteiger partial charge in [0.2, 0.25) is 0 Å². The van der Waals surface area contributed by atoms with Crippen molar-refractivity contribution in [2.75, 3.05) is 5.88 Å². The van der Waals surface area contributed by atoms with Crippen LogP contribution in [0.4, 0.5) is 0 Å². The van der Waals surface area contributed by atoms with Gasteiger partial charge in [-0.25, -0.2) is 0 Å². The van der Waals surface area contributed by atoms with E-state index in [1.165, 1.54) is 0 Å². The van der Waals surface area contributed by atoms with Crippen molar-refractivity contribution in [3.63, 3.8) is 0 Å². The minimum atomic E-state index is -0.249. The molecule has 0 amide bonds. The lowest BCUT2D eigenvalue weighted by molar-refractivity contribution is 0.102. The van der Waals surface area contributed by atoms with Gasteiger partial charge in [0.25, 0.3) is 0 Å².